The van der Waals surface area contributed by atoms with Crippen molar-refractivity contribution in [2.24, 2.45) is 5.92 Å². The van der Waals surface area contributed by atoms with E-state index in [0.29, 0.717) is 5.92 Å². The van der Waals surface area contributed by atoms with E-state index in [1.54, 1.807) is 0 Å². The molecule has 1 N–H and O–H groups in total. The largest absolute Gasteiger partial charge is 0.382 e. The number of fused-ring (bicyclic) bond motifs is 1. The van der Waals surface area contributed by atoms with E-state index in [2.05, 4.69) is 41.0 Å². The molecule has 2 heterocycles. The second-order valence-electron chi connectivity index (χ2n) is 5.80. The maximum absolute atomic E-state index is 5.42. The summed E-state index contributed by atoms with van der Waals surface area (Å²) in [6.07, 6.45) is 5.12. The van der Waals surface area contributed by atoms with Crippen LogP contribution in [-0.4, -0.2) is 29.3 Å². The van der Waals surface area contributed by atoms with E-state index in [9.17, 15) is 0 Å². The molecule has 4 nitrogen and oxygen atoms in total. The van der Waals surface area contributed by atoms with Gasteiger partial charge >= 0.3 is 0 Å². The molecule has 0 radical (unpaired) electrons. The maximum atomic E-state index is 5.42. The quantitative estimate of drug-likeness (QED) is 0.721. The monoisotopic (exact) mass is 289 g/mol. The molecule has 0 spiro atoms. The smallest absolute Gasteiger partial charge is 0.140 e. The molecule has 0 unspecified atom stereocenters. The molecule has 0 aliphatic carbocycles. The molecule has 2 aromatic heterocycles. The first-order valence-electron chi connectivity index (χ1n) is 7.93. The van der Waals surface area contributed by atoms with Crippen molar-refractivity contribution in [3.63, 3.8) is 0 Å². The molecule has 0 aliphatic heterocycles. The molecule has 4 heteroatoms. The van der Waals surface area contributed by atoms with E-state index in [1.165, 1.54) is 10.9 Å². The Bertz CT molecular complexity index is 548. The van der Waals surface area contributed by atoms with Crippen molar-refractivity contribution in [3.05, 3.63) is 30.1 Å². The lowest BCUT2D eigenvalue weighted by Gasteiger charge is -2.06. The third kappa shape index (κ3) is 4.55. The van der Waals surface area contributed by atoms with Crippen molar-refractivity contribution in [2.75, 3.05) is 19.8 Å². The van der Waals surface area contributed by atoms with Crippen LogP contribution < -0.4 is 5.32 Å². The first-order chi connectivity index (χ1) is 10.2. The summed E-state index contributed by atoms with van der Waals surface area (Å²) in [5.41, 5.74) is 2.41. The third-order valence-electron chi connectivity index (χ3n) is 3.48. The highest BCUT2D eigenvalue weighted by Crippen LogP contribution is 2.19. The first kappa shape index (κ1) is 16.0. The van der Waals surface area contributed by atoms with Crippen molar-refractivity contribution in [3.8, 4) is 0 Å². The van der Waals surface area contributed by atoms with E-state index in [0.717, 1.165) is 44.9 Å². The summed E-state index contributed by atoms with van der Waals surface area (Å²) in [5, 5.41) is 4.77. The van der Waals surface area contributed by atoms with Gasteiger partial charge in [-0.2, -0.15) is 0 Å². The van der Waals surface area contributed by atoms with Gasteiger partial charge in [0.25, 0.3) is 0 Å². The highest BCUT2D eigenvalue weighted by atomic mass is 16.5. The van der Waals surface area contributed by atoms with Gasteiger partial charge in [-0.05, 0) is 43.5 Å². The number of aromatic nitrogens is 2. The molecule has 0 saturated heterocycles. The average molecular weight is 289 g/mol. The highest BCUT2D eigenvalue weighted by molar-refractivity contribution is 5.80. The van der Waals surface area contributed by atoms with Crippen LogP contribution in [-0.2, 0) is 17.8 Å². The molecule has 21 heavy (non-hydrogen) atoms. The molecular formula is C17H27N3O. The fourth-order valence-corrected chi connectivity index (χ4v) is 2.48. The fourth-order valence-electron chi connectivity index (χ4n) is 2.48. The van der Waals surface area contributed by atoms with E-state index in [4.69, 9.17) is 4.74 Å². The molecule has 0 aliphatic rings. The molecule has 116 valence electrons. The molecule has 0 saturated carbocycles. The normalized spacial score (nSPS) is 11.6. The Morgan fingerprint density at radius 3 is 3.00 bits per heavy atom. The summed E-state index contributed by atoms with van der Waals surface area (Å²) in [4.78, 5) is 4.54. The van der Waals surface area contributed by atoms with Gasteiger partial charge in [-0.1, -0.05) is 13.8 Å². The number of pyridine rings is 1. The van der Waals surface area contributed by atoms with Crippen LogP contribution in [0, 0.1) is 5.92 Å². The van der Waals surface area contributed by atoms with Crippen molar-refractivity contribution in [1.82, 2.24) is 14.9 Å². The standard InChI is InChI=1S/C17H27N3O/c1-4-21-10-6-9-20-13-15(12-18-11-14(2)3)16-7-5-8-19-17(16)20/h5,7-8,13-14,18H,4,6,9-12H2,1-3H3. The van der Waals surface area contributed by atoms with Gasteiger partial charge in [0.1, 0.15) is 5.65 Å². The summed E-state index contributed by atoms with van der Waals surface area (Å²) >= 11 is 0. The molecule has 2 rings (SSSR count). The van der Waals surface area contributed by atoms with E-state index in [1.807, 2.05) is 19.2 Å². The van der Waals surface area contributed by atoms with Crippen LogP contribution in [0.25, 0.3) is 11.0 Å². The van der Waals surface area contributed by atoms with Crippen LogP contribution in [0.5, 0.6) is 0 Å². The molecular weight excluding hydrogens is 262 g/mol. The van der Waals surface area contributed by atoms with Crippen molar-refractivity contribution in [2.45, 2.75) is 40.3 Å². The lowest BCUT2D eigenvalue weighted by molar-refractivity contribution is 0.142. The number of nitrogens with zero attached hydrogens (tertiary/aromatic N) is 2. The Balaban J connectivity index is 2.06. The summed E-state index contributed by atoms with van der Waals surface area (Å²) in [6.45, 7) is 11.0. The van der Waals surface area contributed by atoms with Gasteiger partial charge in [-0.25, -0.2) is 4.98 Å². The minimum Gasteiger partial charge on any atom is -0.382 e. The van der Waals surface area contributed by atoms with Gasteiger partial charge in [0.05, 0.1) is 0 Å². The van der Waals surface area contributed by atoms with Crippen molar-refractivity contribution in [1.29, 1.82) is 0 Å². The molecule has 0 amide bonds. The van der Waals surface area contributed by atoms with Crippen LogP contribution in [0.3, 0.4) is 0 Å². The minimum atomic E-state index is 0.669. The average Bonchev–Trinajstić information content (AvgIpc) is 2.82. The number of rotatable bonds is 9. The van der Waals surface area contributed by atoms with Gasteiger partial charge in [0.15, 0.2) is 0 Å². The summed E-state index contributed by atoms with van der Waals surface area (Å²) in [5.74, 6) is 0.669. The predicted octanol–water partition coefficient (Wildman–Crippen LogP) is 3.21. The number of hydrogen-bond donors (Lipinski definition) is 1. The predicted molar refractivity (Wildman–Crippen MR) is 87.4 cm³/mol. The Morgan fingerprint density at radius 2 is 2.24 bits per heavy atom. The summed E-state index contributed by atoms with van der Waals surface area (Å²) in [7, 11) is 0. The molecule has 0 aromatic carbocycles. The van der Waals surface area contributed by atoms with Crippen LogP contribution in [0.15, 0.2) is 24.5 Å². The van der Waals surface area contributed by atoms with E-state index in [-0.39, 0.29) is 0 Å². The number of nitrogens with one attached hydrogen (secondary N) is 1. The van der Waals surface area contributed by atoms with Gasteiger partial charge in [-0.3, -0.25) is 0 Å². The van der Waals surface area contributed by atoms with Gasteiger partial charge in [0, 0.05) is 44.1 Å². The zero-order chi connectivity index (χ0) is 15.1. The van der Waals surface area contributed by atoms with Crippen LogP contribution in [0.2, 0.25) is 0 Å². The Morgan fingerprint density at radius 1 is 1.38 bits per heavy atom. The van der Waals surface area contributed by atoms with Gasteiger partial charge in [0.2, 0.25) is 0 Å². The van der Waals surface area contributed by atoms with Gasteiger partial charge in [-0.15, -0.1) is 0 Å². The van der Waals surface area contributed by atoms with Crippen molar-refractivity contribution >= 4 is 11.0 Å². The molecule has 0 atom stereocenters. The summed E-state index contributed by atoms with van der Waals surface area (Å²) < 4.78 is 7.67. The third-order valence-corrected chi connectivity index (χ3v) is 3.48. The lowest BCUT2D eigenvalue weighted by Crippen LogP contribution is -2.18. The molecule has 0 bridgehead atoms. The van der Waals surface area contributed by atoms with Crippen LogP contribution in [0.4, 0.5) is 0 Å². The maximum Gasteiger partial charge on any atom is 0.140 e. The zero-order valence-corrected chi connectivity index (χ0v) is 13.4. The van der Waals surface area contributed by atoms with Crippen molar-refractivity contribution < 1.29 is 4.74 Å². The molecule has 0 fully saturated rings. The highest BCUT2D eigenvalue weighted by Gasteiger charge is 2.09. The lowest BCUT2D eigenvalue weighted by atomic mass is 10.2. The Labute approximate surface area is 127 Å². The zero-order valence-electron chi connectivity index (χ0n) is 13.4. The van der Waals surface area contributed by atoms with Gasteiger partial charge < -0.3 is 14.6 Å². The first-order valence-corrected chi connectivity index (χ1v) is 7.93. The Hall–Kier alpha value is -1.39. The Kier molecular flexibility index (Phi) is 6.21. The number of ether oxygens (including phenoxy) is 1. The second kappa shape index (κ2) is 8.15. The SMILES string of the molecule is CCOCCCn1cc(CNCC(C)C)c2cccnc21. The topological polar surface area (TPSA) is 39.1 Å². The number of hydrogen-bond acceptors (Lipinski definition) is 3. The second-order valence-corrected chi connectivity index (χ2v) is 5.80. The fraction of sp³-hybridized carbons (Fsp3) is 0.588. The van der Waals surface area contributed by atoms with Crippen LogP contribution >= 0.6 is 0 Å². The minimum absolute atomic E-state index is 0.669. The summed E-state index contributed by atoms with van der Waals surface area (Å²) in [6, 6.07) is 4.17. The van der Waals surface area contributed by atoms with E-state index < -0.39 is 0 Å². The van der Waals surface area contributed by atoms with Crippen LogP contribution in [0.1, 0.15) is 32.8 Å². The number of aryl methyl sites for hydroxylation is 1. The van der Waals surface area contributed by atoms with E-state index >= 15 is 0 Å². The molecule has 2 aromatic rings.